The van der Waals surface area contributed by atoms with E-state index in [1.165, 1.54) is 28.4 Å². The van der Waals surface area contributed by atoms with Gasteiger partial charge >= 0.3 is 5.97 Å². The van der Waals surface area contributed by atoms with Gasteiger partial charge in [0.1, 0.15) is 5.75 Å². The molecule has 0 radical (unpaired) electrons. The highest BCUT2D eigenvalue weighted by Gasteiger charge is 2.36. The van der Waals surface area contributed by atoms with Crippen LogP contribution in [0.2, 0.25) is 0 Å². The van der Waals surface area contributed by atoms with Crippen molar-refractivity contribution in [2.45, 2.75) is 12.3 Å². The summed E-state index contributed by atoms with van der Waals surface area (Å²) in [5, 5.41) is 0. The van der Waals surface area contributed by atoms with E-state index in [0.717, 1.165) is 5.56 Å². The summed E-state index contributed by atoms with van der Waals surface area (Å²) in [6.45, 7) is 0. The number of fused-ring (bicyclic) bond motifs is 1. The van der Waals surface area contributed by atoms with Crippen molar-refractivity contribution in [1.82, 2.24) is 0 Å². The number of hydrogen-bond acceptors (Lipinski definition) is 8. The zero-order valence-electron chi connectivity index (χ0n) is 17.3. The largest absolute Gasteiger partial charge is 0.493 e. The summed E-state index contributed by atoms with van der Waals surface area (Å²) < 4.78 is 38.3. The van der Waals surface area contributed by atoms with Crippen molar-refractivity contribution >= 4 is 5.97 Å². The molecule has 0 saturated carbocycles. The molecule has 2 aromatic carbocycles. The van der Waals surface area contributed by atoms with Crippen LogP contribution in [-0.4, -0.2) is 48.6 Å². The summed E-state index contributed by atoms with van der Waals surface area (Å²) in [6.07, 6.45) is 0.109. The van der Waals surface area contributed by atoms with Gasteiger partial charge in [-0.2, -0.15) is 0 Å². The normalized spacial score (nSPS) is 15.1. The average Bonchev–Trinajstić information content (AvgIpc) is 2.75. The van der Waals surface area contributed by atoms with Crippen LogP contribution in [0, 0.1) is 0 Å². The molecule has 0 aromatic heterocycles. The molecular weight excluding hydrogens is 380 g/mol. The van der Waals surface area contributed by atoms with Crippen LogP contribution in [-0.2, 0) is 4.79 Å². The predicted molar refractivity (Wildman–Crippen MR) is 104 cm³/mol. The summed E-state index contributed by atoms with van der Waals surface area (Å²) in [5.74, 6) is 2.31. The maximum Gasteiger partial charge on any atom is 0.312 e. The van der Waals surface area contributed by atoms with E-state index < -0.39 is 0 Å². The van der Waals surface area contributed by atoms with Gasteiger partial charge in [0.2, 0.25) is 11.5 Å². The third-order valence-electron chi connectivity index (χ3n) is 4.86. The van der Waals surface area contributed by atoms with Crippen LogP contribution in [0.4, 0.5) is 0 Å². The van der Waals surface area contributed by atoms with Crippen LogP contribution in [0.15, 0.2) is 18.2 Å². The Morgan fingerprint density at radius 2 is 1.24 bits per heavy atom. The van der Waals surface area contributed by atoms with Crippen molar-refractivity contribution in [3.05, 3.63) is 29.3 Å². The number of esters is 1. The summed E-state index contributed by atoms with van der Waals surface area (Å²) in [7, 11) is 9.17. The number of benzene rings is 2. The van der Waals surface area contributed by atoms with E-state index in [2.05, 4.69) is 0 Å². The van der Waals surface area contributed by atoms with Crippen LogP contribution in [0.1, 0.15) is 23.5 Å². The molecule has 8 heteroatoms. The van der Waals surface area contributed by atoms with Crippen LogP contribution in [0.3, 0.4) is 0 Å². The van der Waals surface area contributed by atoms with Crippen molar-refractivity contribution in [3.8, 4) is 40.2 Å². The lowest BCUT2D eigenvalue weighted by Crippen LogP contribution is -2.22. The Morgan fingerprint density at radius 1 is 0.724 bits per heavy atom. The SMILES string of the molecule is COc1cc([C@@H]2CC(=O)Oc3cc(OC)c(OC)c(OC)c32)cc(OC)c1OC. The zero-order valence-corrected chi connectivity index (χ0v) is 17.3. The van der Waals surface area contributed by atoms with Gasteiger partial charge in [-0.1, -0.05) is 0 Å². The lowest BCUT2D eigenvalue weighted by atomic mass is 9.85. The van der Waals surface area contributed by atoms with E-state index in [9.17, 15) is 4.79 Å². The van der Waals surface area contributed by atoms with Gasteiger partial charge in [0.25, 0.3) is 0 Å². The Kier molecular flexibility index (Phi) is 5.91. The van der Waals surface area contributed by atoms with E-state index in [1.807, 2.05) is 12.1 Å². The van der Waals surface area contributed by atoms with Gasteiger partial charge in [0.15, 0.2) is 23.0 Å². The Labute approximate surface area is 169 Å². The number of hydrogen-bond donors (Lipinski definition) is 0. The highest BCUT2D eigenvalue weighted by Crippen LogP contribution is 2.53. The van der Waals surface area contributed by atoms with Crippen LogP contribution >= 0.6 is 0 Å². The molecule has 156 valence electrons. The van der Waals surface area contributed by atoms with Crippen molar-refractivity contribution in [2.24, 2.45) is 0 Å². The molecule has 2 aromatic rings. The van der Waals surface area contributed by atoms with Gasteiger partial charge in [-0.05, 0) is 17.7 Å². The molecule has 1 heterocycles. The first kappa shape index (κ1) is 20.4. The Bertz CT molecular complexity index is 896. The van der Waals surface area contributed by atoms with Gasteiger partial charge in [0, 0.05) is 17.5 Å². The van der Waals surface area contributed by atoms with E-state index in [4.69, 9.17) is 33.2 Å². The molecule has 0 bridgehead atoms. The fourth-order valence-corrected chi connectivity index (χ4v) is 3.59. The lowest BCUT2D eigenvalue weighted by Gasteiger charge is -2.29. The Hall–Kier alpha value is -3.29. The molecule has 0 aliphatic carbocycles. The summed E-state index contributed by atoms with van der Waals surface area (Å²) in [6, 6.07) is 5.24. The smallest absolute Gasteiger partial charge is 0.312 e. The number of rotatable bonds is 7. The third kappa shape index (κ3) is 3.46. The molecule has 8 nitrogen and oxygen atoms in total. The maximum atomic E-state index is 12.4. The lowest BCUT2D eigenvalue weighted by molar-refractivity contribution is -0.135. The maximum absolute atomic E-state index is 12.4. The number of ether oxygens (including phenoxy) is 7. The fraction of sp³-hybridized carbons (Fsp3) is 0.381. The Morgan fingerprint density at radius 3 is 1.72 bits per heavy atom. The molecule has 0 unspecified atom stereocenters. The number of carbonyl (C=O) groups excluding carboxylic acids is 1. The second kappa shape index (κ2) is 8.38. The Balaban J connectivity index is 2.27. The van der Waals surface area contributed by atoms with Crippen molar-refractivity contribution in [1.29, 1.82) is 0 Å². The standard InChI is InChI=1S/C21H24O8/c1-23-14-7-11(8-15(24-2)19(14)26-4)12-9-17(22)29-13-10-16(25-3)20(27-5)21(28-6)18(12)13/h7-8,10,12H,9H2,1-6H3/t12-/m0/s1. The molecule has 0 fully saturated rings. The van der Waals surface area contributed by atoms with E-state index in [-0.39, 0.29) is 18.3 Å². The second-order valence-electron chi connectivity index (χ2n) is 6.25. The van der Waals surface area contributed by atoms with Gasteiger partial charge < -0.3 is 33.2 Å². The van der Waals surface area contributed by atoms with Gasteiger partial charge in [-0.25, -0.2) is 0 Å². The topological polar surface area (TPSA) is 81.7 Å². The predicted octanol–water partition coefficient (Wildman–Crippen LogP) is 3.18. The van der Waals surface area contributed by atoms with Gasteiger partial charge in [0.05, 0.1) is 49.1 Å². The van der Waals surface area contributed by atoms with Crippen molar-refractivity contribution in [3.63, 3.8) is 0 Å². The molecule has 0 amide bonds. The van der Waals surface area contributed by atoms with Gasteiger partial charge in [-0.3, -0.25) is 4.79 Å². The van der Waals surface area contributed by atoms with Crippen molar-refractivity contribution in [2.75, 3.05) is 42.7 Å². The van der Waals surface area contributed by atoms with Crippen LogP contribution in [0.25, 0.3) is 0 Å². The molecular formula is C21H24O8. The van der Waals surface area contributed by atoms with E-state index >= 15 is 0 Å². The third-order valence-corrected chi connectivity index (χ3v) is 4.86. The van der Waals surface area contributed by atoms with Crippen LogP contribution < -0.4 is 33.2 Å². The van der Waals surface area contributed by atoms with Gasteiger partial charge in [-0.15, -0.1) is 0 Å². The molecule has 1 atom stereocenters. The highest BCUT2D eigenvalue weighted by molar-refractivity contribution is 5.81. The second-order valence-corrected chi connectivity index (χ2v) is 6.25. The molecule has 1 aliphatic rings. The molecule has 29 heavy (non-hydrogen) atoms. The number of methoxy groups -OCH3 is 6. The molecule has 1 aliphatic heterocycles. The highest BCUT2D eigenvalue weighted by atomic mass is 16.6. The first-order valence-electron chi connectivity index (χ1n) is 8.86. The van der Waals surface area contributed by atoms with Crippen LogP contribution in [0.5, 0.6) is 40.2 Å². The summed E-state index contributed by atoms with van der Waals surface area (Å²) in [4.78, 5) is 12.4. The first-order valence-corrected chi connectivity index (χ1v) is 8.86. The minimum absolute atomic E-state index is 0.109. The summed E-state index contributed by atoms with van der Waals surface area (Å²) in [5.41, 5.74) is 1.46. The molecule has 0 saturated heterocycles. The molecule has 0 spiro atoms. The minimum Gasteiger partial charge on any atom is -0.493 e. The van der Waals surface area contributed by atoms with Crippen molar-refractivity contribution < 1.29 is 38.0 Å². The zero-order chi connectivity index (χ0) is 21.1. The summed E-state index contributed by atoms with van der Waals surface area (Å²) >= 11 is 0. The quantitative estimate of drug-likeness (QED) is 0.514. The minimum atomic E-state index is -0.380. The fourth-order valence-electron chi connectivity index (χ4n) is 3.59. The van der Waals surface area contributed by atoms with E-state index in [1.54, 1.807) is 20.3 Å². The van der Waals surface area contributed by atoms with E-state index in [0.29, 0.717) is 45.8 Å². The molecule has 3 rings (SSSR count). The molecule has 0 N–H and O–H groups in total. The average molecular weight is 404 g/mol. The monoisotopic (exact) mass is 404 g/mol. The number of carbonyl (C=O) groups is 1. The first-order chi connectivity index (χ1) is 14.0.